The first kappa shape index (κ1) is 12.4. The van der Waals surface area contributed by atoms with E-state index < -0.39 is 0 Å². The summed E-state index contributed by atoms with van der Waals surface area (Å²) in [6.45, 7) is 1.73. The predicted octanol–water partition coefficient (Wildman–Crippen LogP) is 2.71. The van der Waals surface area contributed by atoms with Crippen LogP contribution in [0.1, 0.15) is 23.2 Å². The van der Waals surface area contributed by atoms with E-state index in [-0.39, 0.29) is 11.9 Å². The lowest BCUT2D eigenvalue weighted by Crippen LogP contribution is -2.33. The van der Waals surface area contributed by atoms with Crippen LogP contribution in [0.4, 0.5) is 0 Å². The summed E-state index contributed by atoms with van der Waals surface area (Å²) in [6, 6.07) is 8.43. The predicted molar refractivity (Wildman–Crippen MR) is 81.9 cm³/mol. The fourth-order valence-electron chi connectivity index (χ4n) is 3.79. The summed E-state index contributed by atoms with van der Waals surface area (Å²) in [4.78, 5) is 14.8. The zero-order valence-corrected chi connectivity index (χ0v) is 12.1. The minimum atomic E-state index is 0.184. The molecule has 4 heteroatoms. The highest BCUT2D eigenvalue weighted by atomic mass is 32.1. The van der Waals surface area contributed by atoms with Crippen LogP contribution >= 0.6 is 11.3 Å². The summed E-state index contributed by atoms with van der Waals surface area (Å²) in [5.41, 5.74) is 7.02. The molecule has 2 heterocycles. The Morgan fingerprint density at radius 3 is 2.95 bits per heavy atom. The second-order valence-electron chi connectivity index (χ2n) is 6.02. The number of hydrogen-bond acceptors (Lipinski definition) is 3. The lowest BCUT2D eigenvalue weighted by molar-refractivity contribution is 0.0782. The van der Waals surface area contributed by atoms with Crippen molar-refractivity contribution in [2.75, 3.05) is 13.1 Å². The van der Waals surface area contributed by atoms with Gasteiger partial charge in [0.25, 0.3) is 5.91 Å². The molecule has 2 N–H and O–H groups in total. The van der Waals surface area contributed by atoms with Gasteiger partial charge in [-0.1, -0.05) is 18.2 Å². The summed E-state index contributed by atoms with van der Waals surface area (Å²) in [5.74, 6) is 1.33. The Balaban J connectivity index is 1.62. The number of rotatable bonds is 1. The number of nitrogens with zero attached hydrogens (tertiary/aromatic N) is 1. The largest absolute Gasteiger partial charge is 0.338 e. The average molecular weight is 286 g/mol. The van der Waals surface area contributed by atoms with Crippen molar-refractivity contribution in [3.63, 3.8) is 0 Å². The molecule has 20 heavy (non-hydrogen) atoms. The van der Waals surface area contributed by atoms with Crippen LogP contribution in [0, 0.1) is 11.8 Å². The SMILES string of the molecule is NC1CCC2CN(C(=O)c3csc4ccccc34)CC12. The van der Waals surface area contributed by atoms with Crippen LogP contribution in [0.15, 0.2) is 29.6 Å². The number of hydrogen-bond donors (Lipinski definition) is 1. The highest BCUT2D eigenvalue weighted by Crippen LogP contribution is 2.38. The first-order valence-corrected chi connectivity index (χ1v) is 8.13. The second-order valence-corrected chi connectivity index (χ2v) is 6.93. The maximum atomic E-state index is 12.8. The molecular formula is C16H18N2OS. The van der Waals surface area contributed by atoms with E-state index in [1.54, 1.807) is 11.3 Å². The Labute approximate surface area is 122 Å². The van der Waals surface area contributed by atoms with E-state index in [1.807, 2.05) is 28.5 Å². The molecular weight excluding hydrogens is 268 g/mol. The van der Waals surface area contributed by atoms with Crippen molar-refractivity contribution in [1.82, 2.24) is 4.90 Å². The Hall–Kier alpha value is -1.39. The first-order chi connectivity index (χ1) is 9.74. The highest BCUT2D eigenvalue weighted by molar-refractivity contribution is 7.17. The molecule has 0 radical (unpaired) electrons. The summed E-state index contributed by atoms with van der Waals surface area (Å²) in [5, 5.41) is 3.09. The minimum Gasteiger partial charge on any atom is -0.338 e. The fourth-order valence-corrected chi connectivity index (χ4v) is 4.72. The van der Waals surface area contributed by atoms with Gasteiger partial charge >= 0.3 is 0 Å². The van der Waals surface area contributed by atoms with E-state index in [0.29, 0.717) is 11.8 Å². The van der Waals surface area contributed by atoms with Gasteiger partial charge in [0.1, 0.15) is 0 Å². The van der Waals surface area contributed by atoms with Gasteiger partial charge < -0.3 is 10.6 Å². The summed E-state index contributed by atoms with van der Waals surface area (Å²) in [6.07, 6.45) is 2.30. The Kier molecular flexibility index (Phi) is 2.82. The van der Waals surface area contributed by atoms with Crippen molar-refractivity contribution < 1.29 is 4.79 Å². The summed E-state index contributed by atoms with van der Waals surface area (Å²) in [7, 11) is 0. The number of benzene rings is 1. The molecule has 1 aromatic carbocycles. The summed E-state index contributed by atoms with van der Waals surface area (Å²) < 4.78 is 1.19. The first-order valence-electron chi connectivity index (χ1n) is 7.25. The lowest BCUT2D eigenvalue weighted by Gasteiger charge is -2.18. The van der Waals surface area contributed by atoms with Gasteiger partial charge in [0.2, 0.25) is 0 Å². The molecule has 3 atom stereocenters. The minimum absolute atomic E-state index is 0.184. The van der Waals surface area contributed by atoms with Crippen molar-refractivity contribution in [3.8, 4) is 0 Å². The van der Waals surface area contributed by atoms with Crippen molar-refractivity contribution in [3.05, 3.63) is 35.2 Å². The molecule has 1 aromatic heterocycles. The molecule has 4 rings (SSSR count). The standard InChI is InChI=1S/C16H18N2OS/c17-14-6-5-10-7-18(8-12(10)14)16(19)13-9-20-15-4-2-1-3-11(13)15/h1-4,9-10,12,14H,5-8,17H2. The number of nitrogens with two attached hydrogens (primary N) is 1. The number of carbonyl (C=O) groups excluding carboxylic acids is 1. The van der Waals surface area contributed by atoms with Gasteiger partial charge in [-0.15, -0.1) is 11.3 Å². The van der Waals surface area contributed by atoms with Crippen LogP contribution in [0.3, 0.4) is 0 Å². The van der Waals surface area contributed by atoms with Gasteiger partial charge in [0.15, 0.2) is 0 Å². The molecule has 2 aliphatic rings. The summed E-state index contributed by atoms with van der Waals surface area (Å²) >= 11 is 1.65. The van der Waals surface area contributed by atoms with Crippen LogP contribution in [-0.4, -0.2) is 29.9 Å². The van der Waals surface area contributed by atoms with Crippen LogP contribution < -0.4 is 5.73 Å². The third-order valence-electron chi connectivity index (χ3n) is 4.91. The molecule has 3 unspecified atom stereocenters. The molecule has 1 amide bonds. The zero-order valence-electron chi connectivity index (χ0n) is 11.3. The molecule has 3 nitrogen and oxygen atoms in total. The average Bonchev–Trinajstić information content (AvgIpc) is 3.14. The van der Waals surface area contributed by atoms with Gasteiger partial charge in [-0.05, 0) is 30.7 Å². The molecule has 2 aromatic rings. The van der Waals surface area contributed by atoms with E-state index in [4.69, 9.17) is 5.73 Å². The normalized spacial score (nSPS) is 29.1. The molecule has 1 aliphatic carbocycles. The number of likely N-dealkylation sites (tertiary alicyclic amines) is 1. The Morgan fingerprint density at radius 2 is 2.10 bits per heavy atom. The maximum Gasteiger partial charge on any atom is 0.255 e. The van der Waals surface area contributed by atoms with Gasteiger partial charge in [-0.2, -0.15) is 0 Å². The van der Waals surface area contributed by atoms with E-state index in [9.17, 15) is 4.79 Å². The smallest absolute Gasteiger partial charge is 0.255 e. The van der Waals surface area contributed by atoms with Crippen molar-refractivity contribution in [2.45, 2.75) is 18.9 Å². The number of amides is 1. The van der Waals surface area contributed by atoms with E-state index in [2.05, 4.69) is 6.07 Å². The number of fused-ring (bicyclic) bond motifs is 2. The number of thiophene rings is 1. The van der Waals surface area contributed by atoms with Crippen LogP contribution in [0.25, 0.3) is 10.1 Å². The van der Waals surface area contributed by atoms with Crippen LogP contribution in [-0.2, 0) is 0 Å². The molecule has 0 spiro atoms. The van der Waals surface area contributed by atoms with Crippen LogP contribution in [0.2, 0.25) is 0 Å². The highest BCUT2D eigenvalue weighted by Gasteiger charge is 2.42. The van der Waals surface area contributed by atoms with Crippen molar-refractivity contribution in [1.29, 1.82) is 0 Å². The number of carbonyl (C=O) groups is 1. The Bertz CT molecular complexity index is 665. The third-order valence-corrected chi connectivity index (χ3v) is 5.87. The molecule has 2 fully saturated rings. The molecule has 1 saturated carbocycles. The second kappa shape index (κ2) is 4.57. The molecule has 104 valence electrons. The van der Waals surface area contributed by atoms with Gasteiger partial charge in [0, 0.05) is 34.6 Å². The van der Waals surface area contributed by atoms with E-state index in [0.717, 1.165) is 30.5 Å². The van der Waals surface area contributed by atoms with Gasteiger partial charge in [0.05, 0.1) is 5.56 Å². The zero-order chi connectivity index (χ0) is 13.7. The fraction of sp³-hybridized carbons (Fsp3) is 0.438. The van der Waals surface area contributed by atoms with Gasteiger partial charge in [-0.25, -0.2) is 0 Å². The molecule has 0 bridgehead atoms. The van der Waals surface area contributed by atoms with E-state index >= 15 is 0 Å². The molecule has 1 aliphatic heterocycles. The van der Waals surface area contributed by atoms with Crippen LogP contribution in [0.5, 0.6) is 0 Å². The van der Waals surface area contributed by atoms with E-state index in [1.165, 1.54) is 11.1 Å². The lowest BCUT2D eigenvalue weighted by atomic mass is 9.98. The Morgan fingerprint density at radius 1 is 1.25 bits per heavy atom. The van der Waals surface area contributed by atoms with Gasteiger partial charge in [-0.3, -0.25) is 4.79 Å². The van der Waals surface area contributed by atoms with Crippen molar-refractivity contribution >= 4 is 27.3 Å². The monoisotopic (exact) mass is 286 g/mol. The topological polar surface area (TPSA) is 46.3 Å². The van der Waals surface area contributed by atoms with Crippen molar-refractivity contribution in [2.24, 2.45) is 17.6 Å². The third kappa shape index (κ3) is 1.79. The maximum absolute atomic E-state index is 12.8. The quantitative estimate of drug-likeness (QED) is 0.876. The molecule has 1 saturated heterocycles.